The predicted molar refractivity (Wildman–Crippen MR) is 102 cm³/mol. The number of carbonyl (C=O) groups is 1. The van der Waals surface area contributed by atoms with Gasteiger partial charge < -0.3 is 9.64 Å². The molecule has 0 atom stereocenters. The quantitative estimate of drug-likeness (QED) is 0.864. The molecule has 2 aromatic rings. The highest BCUT2D eigenvalue weighted by Crippen LogP contribution is 2.35. The van der Waals surface area contributed by atoms with Gasteiger partial charge in [0.05, 0.1) is 27.8 Å². The molecular formula is C18H19ClN2O4S. The Hall–Kier alpha value is -2.25. The largest absolute Gasteiger partial charge is 0.490 e. The topological polar surface area (TPSA) is 75.7 Å². The van der Waals surface area contributed by atoms with Crippen molar-refractivity contribution in [3.05, 3.63) is 46.5 Å². The molecule has 1 amide bonds. The number of halogens is 1. The van der Waals surface area contributed by atoms with Crippen LogP contribution in [0.2, 0.25) is 5.02 Å². The molecule has 1 N–H and O–H groups in total. The van der Waals surface area contributed by atoms with E-state index >= 15 is 0 Å². The van der Waals surface area contributed by atoms with Crippen molar-refractivity contribution in [2.45, 2.75) is 25.7 Å². The maximum atomic E-state index is 12.8. The summed E-state index contributed by atoms with van der Waals surface area (Å²) in [5.41, 5.74) is 2.46. The molecule has 0 aromatic heterocycles. The van der Waals surface area contributed by atoms with Crippen molar-refractivity contribution in [3.63, 3.8) is 0 Å². The minimum absolute atomic E-state index is 0.0315. The molecule has 0 fully saturated rings. The number of nitrogens with zero attached hydrogens (tertiary/aromatic N) is 1. The zero-order chi connectivity index (χ0) is 19.1. The molecule has 0 bridgehead atoms. The zero-order valence-electron chi connectivity index (χ0n) is 14.7. The first kappa shape index (κ1) is 18.5. The predicted octanol–water partition coefficient (Wildman–Crippen LogP) is 3.50. The molecule has 2 aromatic carbocycles. The van der Waals surface area contributed by atoms with E-state index < -0.39 is 10.0 Å². The third kappa shape index (κ3) is 3.50. The van der Waals surface area contributed by atoms with Gasteiger partial charge in [-0.15, -0.1) is 0 Å². The Morgan fingerprint density at radius 1 is 1.23 bits per heavy atom. The Morgan fingerprint density at radius 3 is 2.62 bits per heavy atom. The number of anilines is 2. The summed E-state index contributed by atoms with van der Waals surface area (Å²) >= 11 is 6.21. The van der Waals surface area contributed by atoms with Crippen LogP contribution in [-0.4, -0.2) is 27.5 Å². The highest BCUT2D eigenvalue weighted by molar-refractivity contribution is 7.92. The van der Waals surface area contributed by atoms with E-state index in [-0.39, 0.29) is 10.8 Å². The smallest absolute Gasteiger partial charge is 0.262 e. The number of fused-ring (bicyclic) bond motifs is 1. The van der Waals surface area contributed by atoms with Gasteiger partial charge in [-0.3, -0.25) is 9.52 Å². The minimum atomic E-state index is -3.88. The Bertz CT molecular complexity index is 966. The van der Waals surface area contributed by atoms with Crippen molar-refractivity contribution < 1.29 is 17.9 Å². The molecule has 26 heavy (non-hydrogen) atoms. The summed E-state index contributed by atoms with van der Waals surface area (Å²) in [7, 11) is -3.88. The third-order valence-electron chi connectivity index (χ3n) is 4.15. The number of benzene rings is 2. The van der Waals surface area contributed by atoms with Crippen molar-refractivity contribution in [2.75, 3.05) is 22.8 Å². The minimum Gasteiger partial charge on any atom is -0.490 e. The van der Waals surface area contributed by atoms with Crippen LogP contribution in [-0.2, 0) is 14.8 Å². The summed E-state index contributed by atoms with van der Waals surface area (Å²) in [6.45, 7) is 5.85. The monoisotopic (exact) mass is 394 g/mol. The highest BCUT2D eigenvalue weighted by Gasteiger charge is 2.25. The van der Waals surface area contributed by atoms with Crippen LogP contribution in [0.25, 0.3) is 0 Å². The lowest BCUT2D eigenvalue weighted by Crippen LogP contribution is -2.36. The number of amides is 1. The van der Waals surface area contributed by atoms with Gasteiger partial charge in [-0.2, -0.15) is 0 Å². The summed E-state index contributed by atoms with van der Waals surface area (Å²) in [5, 5.41) is 0.331. The van der Waals surface area contributed by atoms with Gasteiger partial charge in [0.2, 0.25) is 5.91 Å². The lowest BCUT2D eigenvalue weighted by atomic mass is 10.1. The third-order valence-corrected chi connectivity index (χ3v) is 5.80. The Labute approximate surface area is 157 Å². The first-order valence-corrected chi connectivity index (χ1v) is 9.89. The number of ether oxygens (including phenoxy) is 1. The second kappa shape index (κ2) is 6.81. The van der Waals surface area contributed by atoms with Crippen LogP contribution in [0, 0.1) is 13.8 Å². The molecule has 6 nitrogen and oxygen atoms in total. The number of rotatable bonds is 3. The second-order valence-electron chi connectivity index (χ2n) is 6.19. The molecule has 0 radical (unpaired) electrons. The first-order chi connectivity index (χ1) is 12.2. The van der Waals surface area contributed by atoms with Crippen LogP contribution in [0.15, 0.2) is 35.2 Å². The summed E-state index contributed by atoms with van der Waals surface area (Å²) in [6.07, 6.45) is 0. The van der Waals surface area contributed by atoms with E-state index in [9.17, 15) is 13.2 Å². The van der Waals surface area contributed by atoms with E-state index in [4.69, 9.17) is 16.3 Å². The molecule has 0 aliphatic carbocycles. The van der Waals surface area contributed by atoms with Gasteiger partial charge in [0, 0.05) is 6.92 Å². The second-order valence-corrected chi connectivity index (χ2v) is 8.28. The molecule has 1 aliphatic rings. The highest BCUT2D eigenvalue weighted by atomic mass is 35.5. The standard InChI is InChI=1S/C18H19ClN2O4S/c1-11-8-12(2)18(15(19)9-11)20-26(23,24)14-4-5-17-16(10-14)21(13(3)22)6-7-25-17/h4-5,8-10,20H,6-7H2,1-3H3. The number of hydrogen-bond acceptors (Lipinski definition) is 4. The molecule has 0 saturated heterocycles. The van der Waals surface area contributed by atoms with Crippen LogP contribution >= 0.6 is 11.6 Å². The first-order valence-electron chi connectivity index (χ1n) is 8.03. The van der Waals surface area contributed by atoms with Gasteiger partial charge in [-0.1, -0.05) is 17.7 Å². The van der Waals surface area contributed by atoms with Gasteiger partial charge in [0.15, 0.2) is 0 Å². The Balaban J connectivity index is 2.01. The fourth-order valence-corrected chi connectivity index (χ4v) is 4.53. The molecule has 0 unspecified atom stereocenters. The van der Waals surface area contributed by atoms with Gasteiger partial charge in [-0.25, -0.2) is 8.42 Å². The zero-order valence-corrected chi connectivity index (χ0v) is 16.2. The summed E-state index contributed by atoms with van der Waals surface area (Å²) in [5.74, 6) is 0.310. The maximum absolute atomic E-state index is 12.8. The molecule has 3 rings (SSSR count). The van der Waals surface area contributed by atoms with Gasteiger partial charge >= 0.3 is 0 Å². The van der Waals surface area contributed by atoms with E-state index in [0.717, 1.165) is 11.1 Å². The van der Waals surface area contributed by atoms with E-state index in [1.807, 2.05) is 13.0 Å². The van der Waals surface area contributed by atoms with Gasteiger partial charge in [0.25, 0.3) is 10.0 Å². The molecule has 0 saturated carbocycles. The van der Waals surface area contributed by atoms with Gasteiger partial charge in [0.1, 0.15) is 12.4 Å². The Morgan fingerprint density at radius 2 is 1.96 bits per heavy atom. The van der Waals surface area contributed by atoms with Gasteiger partial charge in [-0.05, 0) is 49.2 Å². The maximum Gasteiger partial charge on any atom is 0.262 e. The van der Waals surface area contributed by atoms with E-state index in [0.29, 0.717) is 35.3 Å². The van der Waals surface area contributed by atoms with E-state index in [2.05, 4.69) is 4.72 Å². The average Bonchev–Trinajstić information content (AvgIpc) is 2.57. The number of sulfonamides is 1. The van der Waals surface area contributed by atoms with Crippen molar-refractivity contribution in [2.24, 2.45) is 0 Å². The fraction of sp³-hybridized carbons (Fsp3) is 0.278. The lowest BCUT2D eigenvalue weighted by Gasteiger charge is -2.29. The van der Waals surface area contributed by atoms with Crippen LogP contribution in [0.4, 0.5) is 11.4 Å². The van der Waals surface area contributed by atoms with Crippen LogP contribution in [0.1, 0.15) is 18.1 Å². The lowest BCUT2D eigenvalue weighted by molar-refractivity contribution is -0.116. The van der Waals surface area contributed by atoms with Crippen molar-refractivity contribution in [3.8, 4) is 5.75 Å². The molecular weight excluding hydrogens is 376 g/mol. The molecule has 138 valence electrons. The Kier molecular flexibility index (Phi) is 4.86. The number of nitrogens with one attached hydrogen (secondary N) is 1. The molecule has 1 heterocycles. The van der Waals surface area contributed by atoms with Crippen LogP contribution < -0.4 is 14.4 Å². The summed E-state index contributed by atoms with van der Waals surface area (Å²) in [4.78, 5) is 13.4. The van der Waals surface area contributed by atoms with Crippen LogP contribution in [0.5, 0.6) is 5.75 Å². The normalized spacial score (nSPS) is 13.8. The number of carbonyl (C=O) groups excluding carboxylic acids is 1. The molecule has 1 aliphatic heterocycles. The number of aryl methyl sites for hydroxylation is 2. The van der Waals surface area contributed by atoms with E-state index in [1.54, 1.807) is 19.1 Å². The fourth-order valence-electron chi connectivity index (χ4n) is 2.93. The summed E-state index contributed by atoms with van der Waals surface area (Å²) in [6, 6.07) is 7.99. The van der Waals surface area contributed by atoms with Crippen molar-refractivity contribution in [1.82, 2.24) is 0 Å². The summed E-state index contributed by atoms with van der Waals surface area (Å²) < 4.78 is 33.7. The van der Waals surface area contributed by atoms with Crippen molar-refractivity contribution in [1.29, 1.82) is 0 Å². The SMILES string of the molecule is CC(=O)N1CCOc2ccc(S(=O)(=O)Nc3c(C)cc(C)cc3Cl)cc21. The average molecular weight is 395 g/mol. The van der Waals surface area contributed by atoms with Crippen molar-refractivity contribution >= 4 is 38.9 Å². The van der Waals surface area contributed by atoms with E-state index in [1.165, 1.54) is 24.0 Å². The molecule has 8 heteroatoms. The number of hydrogen-bond donors (Lipinski definition) is 1. The van der Waals surface area contributed by atoms with Crippen LogP contribution in [0.3, 0.4) is 0 Å². The molecule has 0 spiro atoms.